The predicted molar refractivity (Wildman–Crippen MR) is 372 cm³/mol. The van der Waals surface area contributed by atoms with E-state index in [1.165, 1.54) is 126 Å². The van der Waals surface area contributed by atoms with Crippen molar-refractivity contribution in [3.8, 4) is 44.5 Å². The molecule has 1 aromatic heterocycles. The molecule has 4 heteroatoms. The zero-order chi connectivity index (χ0) is 58.8. The summed E-state index contributed by atoms with van der Waals surface area (Å²) >= 11 is 1.88. The Morgan fingerprint density at radius 1 is 0.307 bits per heavy atom. The van der Waals surface area contributed by atoms with Crippen molar-refractivity contribution >= 4 is 93.5 Å². The number of nitrogens with zero attached hydrogens (tertiary/aromatic N) is 3. The van der Waals surface area contributed by atoms with E-state index in [0.29, 0.717) is 0 Å². The number of hydrogen-bond acceptors (Lipinski definition) is 4. The smallest absolute Gasteiger partial charge is 0.0540 e. The molecule has 0 fully saturated rings. The van der Waals surface area contributed by atoms with Gasteiger partial charge in [-0.3, -0.25) is 0 Å². The molecule has 1 unspecified atom stereocenters. The molecule has 0 amide bonds. The topological polar surface area (TPSA) is 9.72 Å². The molecule has 4 aliphatic rings. The molecule has 18 rings (SSSR count). The van der Waals surface area contributed by atoms with Gasteiger partial charge in [-0.15, -0.1) is 11.3 Å². The predicted octanol–water partition coefficient (Wildman–Crippen LogP) is 23.5. The molecule has 0 radical (unpaired) electrons. The number of fused-ring (bicyclic) bond motifs is 15. The lowest BCUT2D eigenvalue weighted by Crippen LogP contribution is -2.32. The summed E-state index contributed by atoms with van der Waals surface area (Å²) in [7, 11) is 0. The third-order valence-electron chi connectivity index (χ3n) is 20.4. The maximum Gasteiger partial charge on any atom is 0.0540 e. The summed E-state index contributed by atoms with van der Waals surface area (Å²) in [6.45, 7) is 12.2. The first-order valence-corrected chi connectivity index (χ1v) is 31.7. The fourth-order valence-electron chi connectivity index (χ4n) is 16.1. The zero-order valence-corrected chi connectivity index (χ0v) is 50.6. The largest absolute Gasteiger partial charge is 0.310 e. The summed E-state index contributed by atoms with van der Waals surface area (Å²) in [6.07, 6.45) is 0. The number of hydrogen-bond donors (Lipinski definition) is 0. The van der Waals surface area contributed by atoms with Crippen molar-refractivity contribution in [2.24, 2.45) is 0 Å². The van der Waals surface area contributed by atoms with Gasteiger partial charge in [-0.2, -0.15) is 0 Å². The van der Waals surface area contributed by atoms with E-state index < -0.39 is 5.41 Å². The highest BCUT2D eigenvalue weighted by molar-refractivity contribution is 7.25. The monoisotopic (exact) mass is 1140 g/mol. The number of thiophene rings is 1. The highest BCUT2D eigenvalue weighted by Gasteiger charge is 2.51. The third-order valence-corrected chi connectivity index (χ3v) is 21.5. The lowest BCUT2D eigenvalue weighted by Gasteiger charge is -2.43. The van der Waals surface area contributed by atoms with E-state index >= 15 is 0 Å². The van der Waals surface area contributed by atoms with Crippen LogP contribution in [-0.2, 0) is 16.2 Å². The van der Waals surface area contributed by atoms with Gasteiger partial charge in [-0.05, 0) is 205 Å². The van der Waals surface area contributed by atoms with Crippen LogP contribution in [0.5, 0.6) is 0 Å². The molecule has 88 heavy (non-hydrogen) atoms. The first-order valence-electron chi connectivity index (χ1n) is 30.9. The van der Waals surface area contributed by atoms with Gasteiger partial charge in [0.2, 0.25) is 0 Å². The summed E-state index contributed by atoms with van der Waals surface area (Å²) in [5, 5.41) is 5.01. The summed E-state index contributed by atoms with van der Waals surface area (Å²) in [5.41, 5.74) is 29.0. The van der Waals surface area contributed by atoms with Crippen LogP contribution in [0.3, 0.4) is 0 Å². The van der Waals surface area contributed by atoms with Crippen molar-refractivity contribution < 1.29 is 0 Å². The molecule has 3 aliphatic carbocycles. The molecule has 14 aromatic rings. The van der Waals surface area contributed by atoms with E-state index in [2.05, 4.69) is 328 Å². The van der Waals surface area contributed by atoms with E-state index in [4.69, 9.17) is 0 Å². The van der Waals surface area contributed by atoms with Gasteiger partial charge in [0.15, 0.2) is 0 Å². The van der Waals surface area contributed by atoms with Crippen LogP contribution < -0.4 is 14.7 Å². The SMILES string of the molecule is CC1(C)c2ccccc2-c2ccc(N(c3ccccc3)c3cc4c5c(c3)N(c3ccc6sc7ccccc7c6c3)c3ccccc3C5(C)c3cc5c(cc3-4)C(C)(C)c3cc(N(c4ccc(-c6ccccc6)cc4)c4cccc6ccccc46)ccc3-5)cc21. The number of benzene rings is 13. The zero-order valence-electron chi connectivity index (χ0n) is 49.8. The second-order valence-corrected chi connectivity index (χ2v) is 26.8. The molecular weight excluding hydrogens is 1080 g/mol. The maximum atomic E-state index is 2.61. The molecule has 2 heterocycles. The summed E-state index contributed by atoms with van der Waals surface area (Å²) in [5.74, 6) is 0. The molecule has 1 aliphatic heterocycles. The molecule has 13 aromatic carbocycles. The highest BCUT2D eigenvalue weighted by atomic mass is 32.1. The van der Waals surface area contributed by atoms with Crippen molar-refractivity contribution in [2.45, 2.75) is 50.9 Å². The van der Waals surface area contributed by atoms with Gasteiger partial charge in [-0.1, -0.05) is 198 Å². The lowest BCUT2D eigenvalue weighted by molar-refractivity contribution is 0.659. The first kappa shape index (κ1) is 51.0. The van der Waals surface area contributed by atoms with E-state index in [-0.39, 0.29) is 10.8 Å². The van der Waals surface area contributed by atoms with E-state index in [0.717, 1.165) is 39.8 Å². The highest BCUT2D eigenvalue weighted by Crippen LogP contribution is 2.66. The van der Waals surface area contributed by atoms with Gasteiger partial charge < -0.3 is 14.7 Å². The number of rotatable bonds is 8. The molecule has 1 atom stereocenters. The molecule has 418 valence electrons. The molecule has 3 nitrogen and oxygen atoms in total. The molecule has 0 bridgehead atoms. The van der Waals surface area contributed by atoms with Crippen LogP contribution in [0.2, 0.25) is 0 Å². The Bertz CT molecular complexity index is 5240. The number of para-hydroxylation sites is 2. The van der Waals surface area contributed by atoms with Crippen LogP contribution in [0, 0.1) is 0 Å². The quantitative estimate of drug-likeness (QED) is 0.150. The van der Waals surface area contributed by atoms with Gasteiger partial charge in [0.25, 0.3) is 0 Å². The van der Waals surface area contributed by atoms with E-state index in [1.54, 1.807) is 0 Å². The minimum Gasteiger partial charge on any atom is -0.310 e. The molecule has 0 N–H and O–H groups in total. The summed E-state index contributed by atoms with van der Waals surface area (Å²) < 4.78 is 2.61. The van der Waals surface area contributed by atoms with Crippen LogP contribution >= 0.6 is 11.3 Å². The second-order valence-electron chi connectivity index (χ2n) is 25.8. The Kier molecular flexibility index (Phi) is 10.8. The van der Waals surface area contributed by atoms with Crippen molar-refractivity contribution in [3.63, 3.8) is 0 Å². The molecule has 0 saturated carbocycles. The van der Waals surface area contributed by atoms with E-state index in [1.807, 2.05) is 11.3 Å². The number of anilines is 9. The maximum absolute atomic E-state index is 2.61. The third kappa shape index (κ3) is 7.18. The van der Waals surface area contributed by atoms with Gasteiger partial charge in [-0.25, -0.2) is 0 Å². The summed E-state index contributed by atoms with van der Waals surface area (Å²) in [4.78, 5) is 7.58. The van der Waals surface area contributed by atoms with Gasteiger partial charge in [0.05, 0.1) is 17.1 Å². The van der Waals surface area contributed by atoms with Gasteiger partial charge in [0.1, 0.15) is 0 Å². The van der Waals surface area contributed by atoms with Crippen molar-refractivity contribution in [2.75, 3.05) is 14.7 Å². The van der Waals surface area contributed by atoms with Crippen LogP contribution in [-0.4, -0.2) is 0 Å². The second kappa shape index (κ2) is 18.6. The Labute approximate surface area is 518 Å². The van der Waals surface area contributed by atoms with Gasteiger partial charge in [0, 0.05) is 75.9 Å². The lowest BCUT2D eigenvalue weighted by atomic mass is 9.70. The van der Waals surface area contributed by atoms with Crippen LogP contribution in [0.4, 0.5) is 51.2 Å². The van der Waals surface area contributed by atoms with Gasteiger partial charge >= 0.3 is 0 Å². The average Bonchev–Trinajstić information content (AvgIpc) is 1.48. The van der Waals surface area contributed by atoms with Crippen LogP contribution in [0.25, 0.3) is 75.5 Å². The Morgan fingerprint density at radius 3 is 1.66 bits per heavy atom. The Morgan fingerprint density at radius 2 is 0.864 bits per heavy atom. The average molecular weight is 1140 g/mol. The Hall–Kier alpha value is -10.3. The minimum absolute atomic E-state index is 0.173. The van der Waals surface area contributed by atoms with Crippen molar-refractivity contribution in [1.29, 1.82) is 0 Å². The fourth-order valence-corrected chi connectivity index (χ4v) is 17.2. The fraction of sp³-hybridized carbons (Fsp3) is 0.0952. The van der Waals surface area contributed by atoms with E-state index in [9.17, 15) is 0 Å². The molecular formula is C84H61N3S. The Balaban J connectivity index is 0.851. The van der Waals surface area contributed by atoms with Crippen LogP contribution in [0.1, 0.15) is 73.6 Å². The standard InChI is InChI=1S/C84H61N3S/c1-82(2)70-30-16-14-28-62(70)63-42-39-58(47-72(63)82)85(55-25-10-7-11-26-55)60-46-69-67-50-74-66(51-75(67)84(5)71-31-17-18-32-77(71)87(78(49-60)81(69)84)57-41-44-80-68(45-57)65-29-15-19-34-79(65)88-80)64-43-40-59(48-73(64)83(74,3)4)86(76-33-20-24-54-23-12-13-27-61(54)76)56-37-35-53(36-38-56)52-21-8-6-9-22-52/h6-51H,1-5H3. The van der Waals surface area contributed by atoms with Crippen molar-refractivity contribution in [1.82, 2.24) is 0 Å². The summed E-state index contributed by atoms with van der Waals surface area (Å²) in [6, 6.07) is 105. The minimum atomic E-state index is -0.495. The first-order chi connectivity index (χ1) is 43.0. The van der Waals surface area contributed by atoms with Crippen LogP contribution in [0.15, 0.2) is 279 Å². The normalized spacial score (nSPS) is 15.8. The van der Waals surface area contributed by atoms with Crippen molar-refractivity contribution in [3.05, 3.63) is 318 Å². The molecule has 0 spiro atoms. The molecule has 0 saturated heterocycles.